The number of allylic oxidation sites excluding steroid dienone is 8. The summed E-state index contributed by atoms with van der Waals surface area (Å²) in [6.07, 6.45) is 6.54. The molecule has 1 aromatic carbocycles. The van der Waals surface area contributed by atoms with Gasteiger partial charge in [-0.3, -0.25) is 0 Å². The highest BCUT2D eigenvalue weighted by molar-refractivity contribution is 7.83. The van der Waals surface area contributed by atoms with Crippen molar-refractivity contribution in [2.24, 2.45) is 17.8 Å². The summed E-state index contributed by atoms with van der Waals surface area (Å²) in [6.45, 7) is 4.62. The zero-order chi connectivity index (χ0) is 21.0. The van der Waals surface area contributed by atoms with Crippen LogP contribution in [0.4, 0.5) is 13.2 Å². The molecule has 0 aromatic heterocycles. The Hall–Kier alpha value is -2.14. The lowest BCUT2D eigenvalue weighted by molar-refractivity contribution is -0.160. The minimum absolute atomic E-state index is 0.00374. The van der Waals surface area contributed by atoms with Crippen LogP contribution in [-0.2, 0) is 0 Å². The predicted octanol–water partition coefficient (Wildman–Crippen LogP) is 7.17. The van der Waals surface area contributed by atoms with E-state index in [9.17, 15) is 13.2 Å². The predicted molar refractivity (Wildman–Crippen MR) is 116 cm³/mol. The summed E-state index contributed by atoms with van der Waals surface area (Å²) >= 11 is 4.23. The fraction of sp³-hybridized carbons (Fsp3) is 0.333. The van der Waals surface area contributed by atoms with Gasteiger partial charge in [0.15, 0.2) is 0 Å². The molecule has 2 aliphatic rings. The molecular weight excluding hydrogens is 393 g/mol. The summed E-state index contributed by atoms with van der Waals surface area (Å²) in [5.41, 5.74) is 3.88. The Morgan fingerprint density at radius 1 is 1.17 bits per heavy atom. The van der Waals surface area contributed by atoms with Gasteiger partial charge in [0, 0.05) is 11.5 Å². The smallest absolute Gasteiger partial charge is 0.395 e. The van der Waals surface area contributed by atoms with Crippen molar-refractivity contribution in [1.82, 2.24) is 0 Å². The number of hydrogen-bond donors (Lipinski definition) is 1. The minimum Gasteiger partial charge on any atom is -0.492 e. The summed E-state index contributed by atoms with van der Waals surface area (Å²) < 4.78 is 44.6. The molecule has 2 aliphatic carbocycles. The van der Waals surface area contributed by atoms with E-state index < -0.39 is 12.1 Å². The quantitative estimate of drug-likeness (QED) is 0.499. The molecule has 0 saturated carbocycles. The molecule has 0 radical (unpaired) electrons. The molecular formula is C24H25F3OS. The highest BCUT2D eigenvalue weighted by Crippen LogP contribution is 2.36. The molecule has 0 heterocycles. The van der Waals surface area contributed by atoms with Crippen LogP contribution in [0.3, 0.4) is 0 Å². The molecule has 0 fully saturated rings. The van der Waals surface area contributed by atoms with Gasteiger partial charge in [0.05, 0.1) is 12.5 Å². The molecule has 1 aromatic rings. The van der Waals surface area contributed by atoms with E-state index in [2.05, 4.69) is 31.7 Å². The Kier molecular flexibility index (Phi) is 6.78. The molecule has 1 nitrogen and oxygen atoms in total. The third-order valence-corrected chi connectivity index (χ3v) is 5.82. The Balaban J connectivity index is 1.63. The average molecular weight is 419 g/mol. The van der Waals surface area contributed by atoms with E-state index in [0.29, 0.717) is 6.61 Å². The van der Waals surface area contributed by atoms with Crippen LogP contribution in [0, 0.1) is 17.8 Å². The SMILES string of the molecule is C/C(=C\S)c1ccccc1OCC1C=CC(C2=CCC(C(F)(F)F)C=C2)=CC1C. The van der Waals surface area contributed by atoms with Crippen LogP contribution in [0.2, 0.25) is 0 Å². The monoisotopic (exact) mass is 418 g/mol. The highest BCUT2D eigenvalue weighted by atomic mass is 32.1. The molecule has 29 heavy (non-hydrogen) atoms. The van der Waals surface area contributed by atoms with Gasteiger partial charge in [-0.05, 0) is 47.5 Å². The first kappa shape index (κ1) is 21.6. The number of thiol groups is 1. The van der Waals surface area contributed by atoms with E-state index in [1.54, 1.807) is 17.6 Å². The zero-order valence-electron chi connectivity index (χ0n) is 16.5. The number of halogens is 3. The Morgan fingerprint density at radius 3 is 2.52 bits per heavy atom. The molecule has 5 heteroatoms. The molecule has 0 amide bonds. The molecule has 0 bridgehead atoms. The van der Waals surface area contributed by atoms with Crippen molar-refractivity contribution >= 4 is 18.2 Å². The van der Waals surface area contributed by atoms with Gasteiger partial charge in [0.25, 0.3) is 0 Å². The summed E-state index contributed by atoms with van der Waals surface area (Å²) in [6, 6.07) is 7.86. The summed E-state index contributed by atoms with van der Waals surface area (Å²) in [5, 5.41) is 1.76. The average Bonchev–Trinajstić information content (AvgIpc) is 2.72. The maximum atomic E-state index is 12.8. The standard InChI is InChI=1S/C24H25F3OS/c1-16-13-19(18-9-11-21(12-10-18)24(25,26)27)7-8-20(16)14-28-23-6-4-3-5-22(23)17(2)15-29/h3-11,13,15-16,20-21,29H,12,14H2,1-2H3/b17-15+. The number of para-hydroxylation sites is 1. The van der Waals surface area contributed by atoms with Crippen LogP contribution < -0.4 is 4.74 Å². The van der Waals surface area contributed by atoms with Crippen molar-refractivity contribution in [1.29, 1.82) is 0 Å². The molecule has 0 spiro atoms. The van der Waals surface area contributed by atoms with Crippen LogP contribution in [0.25, 0.3) is 5.57 Å². The number of benzene rings is 1. The van der Waals surface area contributed by atoms with E-state index in [0.717, 1.165) is 28.0 Å². The van der Waals surface area contributed by atoms with Crippen molar-refractivity contribution in [3.05, 3.63) is 82.8 Å². The van der Waals surface area contributed by atoms with E-state index in [1.165, 1.54) is 6.08 Å². The second-order valence-corrected chi connectivity index (χ2v) is 7.78. The third kappa shape index (κ3) is 5.27. The first-order valence-electron chi connectivity index (χ1n) is 9.68. The van der Waals surface area contributed by atoms with E-state index in [1.807, 2.05) is 37.3 Å². The zero-order valence-corrected chi connectivity index (χ0v) is 17.4. The lowest BCUT2D eigenvalue weighted by Crippen LogP contribution is -2.22. The van der Waals surface area contributed by atoms with Crippen molar-refractivity contribution < 1.29 is 17.9 Å². The van der Waals surface area contributed by atoms with Crippen molar-refractivity contribution in [2.45, 2.75) is 26.4 Å². The third-order valence-electron chi connectivity index (χ3n) is 5.43. The molecule has 0 aliphatic heterocycles. The lowest BCUT2D eigenvalue weighted by Gasteiger charge is -2.25. The topological polar surface area (TPSA) is 9.23 Å². The number of alkyl halides is 3. The van der Waals surface area contributed by atoms with Crippen molar-refractivity contribution in [2.75, 3.05) is 6.61 Å². The van der Waals surface area contributed by atoms with Crippen LogP contribution in [0.15, 0.2) is 77.3 Å². The maximum absolute atomic E-state index is 12.8. The number of rotatable bonds is 5. The Morgan fingerprint density at radius 2 is 1.90 bits per heavy atom. The van der Waals surface area contributed by atoms with Crippen molar-refractivity contribution in [3.8, 4) is 5.75 Å². The van der Waals surface area contributed by atoms with E-state index in [4.69, 9.17) is 4.74 Å². The van der Waals surface area contributed by atoms with Crippen LogP contribution in [0.1, 0.15) is 25.8 Å². The summed E-state index contributed by atoms with van der Waals surface area (Å²) in [5.74, 6) is -0.142. The Bertz CT molecular complexity index is 890. The molecule has 154 valence electrons. The van der Waals surface area contributed by atoms with Gasteiger partial charge in [-0.15, -0.1) is 0 Å². The van der Waals surface area contributed by atoms with E-state index in [-0.39, 0.29) is 18.3 Å². The first-order valence-corrected chi connectivity index (χ1v) is 10.2. The van der Waals surface area contributed by atoms with E-state index >= 15 is 0 Å². The van der Waals surface area contributed by atoms with Crippen LogP contribution >= 0.6 is 12.6 Å². The van der Waals surface area contributed by atoms with Gasteiger partial charge in [-0.25, -0.2) is 0 Å². The molecule has 3 atom stereocenters. The van der Waals surface area contributed by atoms with Crippen LogP contribution in [0.5, 0.6) is 5.75 Å². The van der Waals surface area contributed by atoms with Gasteiger partial charge < -0.3 is 4.74 Å². The number of ether oxygens (including phenoxy) is 1. The number of hydrogen-bond acceptors (Lipinski definition) is 2. The largest absolute Gasteiger partial charge is 0.492 e. The van der Waals surface area contributed by atoms with Gasteiger partial charge in [-0.1, -0.05) is 61.6 Å². The molecule has 3 rings (SSSR count). The minimum atomic E-state index is -4.18. The van der Waals surface area contributed by atoms with Crippen molar-refractivity contribution in [3.63, 3.8) is 0 Å². The molecule has 3 unspecified atom stereocenters. The van der Waals surface area contributed by atoms with Gasteiger partial charge in [0.1, 0.15) is 5.75 Å². The van der Waals surface area contributed by atoms with Gasteiger partial charge >= 0.3 is 6.18 Å². The van der Waals surface area contributed by atoms with Crippen LogP contribution in [-0.4, -0.2) is 12.8 Å². The Labute approximate surface area is 175 Å². The second kappa shape index (κ2) is 9.12. The molecule has 0 N–H and O–H groups in total. The lowest BCUT2D eigenvalue weighted by atomic mass is 9.83. The first-order chi connectivity index (χ1) is 13.8. The normalized spacial score (nSPS) is 24.9. The summed E-state index contributed by atoms with van der Waals surface area (Å²) in [7, 11) is 0. The summed E-state index contributed by atoms with van der Waals surface area (Å²) in [4.78, 5) is 0. The van der Waals surface area contributed by atoms with Gasteiger partial charge in [-0.2, -0.15) is 25.8 Å². The second-order valence-electron chi connectivity index (χ2n) is 7.53. The fourth-order valence-electron chi connectivity index (χ4n) is 3.52. The maximum Gasteiger partial charge on any atom is 0.395 e. The molecule has 0 saturated heterocycles. The fourth-order valence-corrected chi connectivity index (χ4v) is 3.65. The highest BCUT2D eigenvalue weighted by Gasteiger charge is 2.37. The van der Waals surface area contributed by atoms with Gasteiger partial charge in [0.2, 0.25) is 0 Å².